The summed E-state index contributed by atoms with van der Waals surface area (Å²) in [6.45, 7) is 1.67. The van der Waals surface area contributed by atoms with Gasteiger partial charge in [-0.1, -0.05) is 0 Å². The molecule has 2 atom stereocenters. The molecule has 0 bridgehead atoms. The lowest BCUT2D eigenvalue weighted by atomic mass is 10.3. The Bertz CT molecular complexity index is 607. The van der Waals surface area contributed by atoms with E-state index in [0.29, 0.717) is 0 Å². The fourth-order valence-corrected chi connectivity index (χ4v) is 3.38. The number of sulfonamides is 1. The number of nitrogen functional groups attached to an aromatic ring is 1. The zero-order valence-electron chi connectivity index (χ0n) is 10.3. The van der Waals surface area contributed by atoms with Crippen LogP contribution < -0.4 is 10.5 Å². The lowest BCUT2D eigenvalue weighted by molar-refractivity contribution is 0.580. The Labute approximate surface area is 122 Å². The van der Waals surface area contributed by atoms with Gasteiger partial charge in [-0.2, -0.15) is 0 Å². The van der Waals surface area contributed by atoms with Gasteiger partial charge in [0.05, 0.1) is 10.2 Å². The van der Waals surface area contributed by atoms with Crippen LogP contribution in [-0.4, -0.2) is 30.7 Å². The van der Waals surface area contributed by atoms with Crippen molar-refractivity contribution in [3.8, 4) is 0 Å². The Morgan fingerprint density at radius 2 is 2.11 bits per heavy atom. The fourth-order valence-electron chi connectivity index (χ4n) is 1.20. The van der Waals surface area contributed by atoms with Gasteiger partial charge in [0.1, 0.15) is 10.7 Å². The molecule has 0 saturated carbocycles. The van der Waals surface area contributed by atoms with Gasteiger partial charge in [0.25, 0.3) is 0 Å². The Morgan fingerprint density at radius 3 is 2.63 bits per heavy atom. The summed E-state index contributed by atoms with van der Waals surface area (Å²) in [5.41, 5.74) is 5.32. The van der Waals surface area contributed by atoms with Gasteiger partial charge in [0.2, 0.25) is 10.0 Å². The number of rotatable bonds is 5. The SMILES string of the molecule is CC(CNS(=O)(=O)c1cc(Br)c(F)cc1N)S(C)=O. The van der Waals surface area contributed by atoms with Crippen LogP contribution in [0.2, 0.25) is 0 Å². The van der Waals surface area contributed by atoms with E-state index in [1.54, 1.807) is 6.92 Å². The van der Waals surface area contributed by atoms with E-state index in [4.69, 9.17) is 5.73 Å². The van der Waals surface area contributed by atoms with Crippen molar-refractivity contribution in [3.63, 3.8) is 0 Å². The monoisotopic (exact) mass is 372 g/mol. The van der Waals surface area contributed by atoms with Crippen LogP contribution in [0.3, 0.4) is 0 Å². The third kappa shape index (κ3) is 4.23. The molecule has 0 amide bonds. The average Bonchev–Trinajstić information content (AvgIpc) is 2.30. The Morgan fingerprint density at radius 1 is 1.53 bits per heavy atom. The molecule has 1 aromatic carbocycles. The number of nitrogens with one attached hydrogen (secondary N) is 1. The van der Waals surface area contributed by atoms with Crippen LogP contribution in [0.25, 0.3) is 0 Å². The highest BCUT2D eigenvalue weighted by Crippen LogP contribution is 2.25. The van der Waals surface area contributed by atoms with Crippen LogP contribution in [0.1, 0.15) is 6.92 Å². The zero-order chi connectivity index (χ0) is 14.8. The molecule has 0 aromatic heterocycles. The quantitative estimate of drug-likeness (QED) is 0.760. The number of nitrogens with two attached hydrogens (primary N) is 1. The van der Waals surface area contributed by atoms with Crippen molar-refractivity contribution in [3.05, 3.63) is 22.4 Å². The van der Waals surface area contributed by atoms with Gasteiger partial charge < -0.3 is 5.73 Å². The Balaban J connectivity index is 3.01. The summed E-state index contributed by atoms with van der Waals surface area (Å²) in [4.78, 5) is -0.213. The summed E-state index contributed by atoms with van der Waals surface area (Å²) >= 11 is 2.90. The molecule has 0 aliphatic rings. The van der Waals surface area contributed by atoms with E-state index in [2.05, 4.69) is 20.7 Å². The van der Waals surface area contributed by atoms with Crippen LogP contribution in [-0.2, 0) is 20.8 Å². The molecule has 1 rings (SSSR count). The molecular weight excluding hydrogens is 359 g/mol. The molecule has 0 fully saturated rings. The zero-order valence-corrected chi connectivity index (χ0v) is 13.5. The number of hydrogen-bond donors (Lipinski definition) is 2. The maximum absolute atomic E-state index is 13.2. The minimum absolute atomic E-state index is 0.00851. The number of anilines is 1. The maximum atomic E-state index is 13.2. The van der Waals surface area contributed by atoms with Gasteiger partial charge in [-0.3, -0.25) is 4.21 Å². The minimum Gasteiger partial charge on any atom is -0.398 e. The summed E-state index contributed by atoms with van der Waals surface area (Å²) < 4.78 is 50.7. The molecule has 2 unspecified atom stereocenters. The third-order valence-electron chi connectivity index (χ3n) is 2.47. The Kier molecular flexibility index (Phi) is 5.48. The summed E-state index contributed by atoms with van der Waals surface area (Å²) in [6, 6.07) is 2.03. The second kappa shape index (κ2) is 6.29. The molecule has 1 aromatic rings. The molecule has 0 heterocycles. The van der Waals surface area contributed by atoms with Crippen molar-refractivity contribution in [2.24, 2.45) is 0 Å². The van der Waals surface area contributed by atoms with Crippen molar-refractivity contribution in [1.29, 1.82) is 0 Å². The second-order valence-corrected chi connectivity index (χ2v) is 8.36. The normalized spacial score (nSPS) is 15.2. The van der Waals surface area contributed by atoms with Crippen LogP contribution >= 0.6 is 15.9 Å². The highest BCUT2D eigenvalue weighted by molar-refractivity contribution is 9.10. The van der Waals surface area contributed by atoms with E-state index in [9.17, 15) is 17.0 Å². The summed E-state index contributed by atoms with van der Waals surface area (Å²) in [5, 5.41) is -0.333. The predicted octanol–water partition coefficient (Wildman–Crippen LogP) is 1.22. The van der Waals surface area contributed by atoms with E-state index in [0.717, 1.165) is 12.1 Å². The van der Waals surface area contributed by atoms with Crippen molar-refractivity contribution < 1.29 is 17.0 Å². The lowest BCUT2D eigenvalue weighted by Gasteiger charge is -2.12. The van der Waals surface area contributed by atoms with E-state index in [1.807, 2.05) is 0 Å². The van der Waals surface area contributed by atoms with Crippen molar-refractivity contribution in [1.82, 2.24) is 4.72 Å². The van der Waals surface area contributed by atoms with Crippen LogP contribution in [0, 0.1) is 5.82 Å². The largest absolute Gasteiger partial charge is 0.398 e. The molecular formula is C10H14BrFN2O3S2. The number of halogens is 2. The average molecular weight is 373 g/mol. The van der Waals surface area contributed by atoms with Crippen molar-refractivity contribution in [2.75, 3.05) is 18.5 Å². The molecule has 0 aliphatic heterocycles. The van der Waals surface area contributed by atoms with E-state index in [-0.39, 0.29) is 26.9 Å². The lowest BCUT2D eigenvalue weighted by Crippen LogP contribution is -2.33. The maximum Gasteiger partial charge on any atom is 0.242 e. The molecule has 19 heavy (non-hydrogen) atoms. The van der Waals surface area contributed by atoms with Crippen molar-refractivity contribution >= 4 is 42.4 Å². The van der Waals surface area contributed by atoms with Crippen LogP contribution in [0.15, 0.2) is 21.5 Å². The number of hydrogen-bond acceptors (Lipinski definition) is 4. The molecule has 3 N–H and O–H groups in total. The highest BCUT2D eigenvalue weighted by atomic mass is 79.9. The third-order valence-corrected chi connectivity index (χ3v) is 5.86. The summed E-state index contributed by atoms with van der Waals surface area (Å²) in [6.07, 6.45) is 1.49. The van der Waals surface area contributed by atoms with E-state index >= 15 is 0 Å². The van der Waals surface area contributed by atoms with Gasteiger partial charge in [-0.15, -0.1) is 0 Å². The first-order valence-electron chi connectivity index (χ1n) is 5.21. The standard InChI is InChI=1S/C10H14BrFN2O3S2/c1-6(18(2)15)5-14-19(16,17)10-3-7(11)8(12)4-9(10)13/h3-4,6,14H,5,13H2,1-2H3. The van der Waals surface area contributed by atoms with Gasteiger partial charge in [0.15, 0.2) is 0 Å². The van der Waals surface area contributed by atoms with Gasteiger partial charge in [0, 0.05) is 28.9 Å². The summed E-state index contributed by atoms with van der Waals surface area (Å²) in [7, 11) is -5.01. The first-order chi connectivity index (χ1) is 8.65. The fraction of sp³-hybridized carbons (Fsp3) is 0.400. The van der Waals surface area contributed by atoms with E-state index in [1.165, 1.54) is 6.26 Å². The predicted molar refractivity (Wildman–Crippen MR) is 77.2 cm³/mol. The van der Waals surface area contributed by atoms with Gasteiger partial charge in [-0.25, -0.2) is 17.5 Å². The highest BCUT2D eigenvalue weighted by Gasteiger charge is 2.20. The van der Waals surface area contributed by atoms with Crippen molar-refractivity contribution in [2.45, 2.75) is 17.1 Å². The van der Waals surface area contributed by atoms with Crippen LogP contribution in [0.5, 0.6) is 0 Å². The second-order valence-electron chi connectivity index (χ2n) is 3.97. The molecule has 0 spiro atoms. The number of benzene rings is 1. The Hall–Kier alpha value is -0.510. The van der Waals surface area contributed by atoms with E-state index < -0.39 is 26.6 Å². The minimum atomic E-state index is -3.86. The first kappa shape index (κ1) is 16.5. The molecule has 108 valence electrons. The molecule has 0 radical (unpaired) electrons. The smallest absolute Gasteiger partial charge is 0.242 e. The van der Waals surface area contributed by atoms with Gasteiger partial charge >= 0.3 is 0 Å². The molecule has 5 nitrogen and oxygen atoms in total. The molecule has 0 saturated heterocycles. The molecule has 9 heteroatoms. The van der Waals surface area contributed by atoms with Crippen LogP contribution in [0.4, 0.5) is 10.1 Å². The first-order valence-corrected chi connectivity index (χ1v) is 9.11. The summed E-state index contributed by atoms with van der Waals surface area (Å²) in [5.74, 6) is -0.639. The topological polar surface area (TPSA) is 89.3 Å². The van der Waals surface area contributed by atoms with Gasteiger partial charge in [-0.05, 0) is 35.0 Å². The molecule has 0 aliphatic carbocycles.